The van der Waals surface area contributed by atoms with Crippen LogP contribution in [0.15, 0.2) is 0 Å². The molecule has 0 spiro atoms. The average Bonchev–Trinajstić information content (AvgIpc) is 1.41. The monoisotopic (exact) mass is 364 g/mol. The second-order valence-corrected chi connectivity index (χ2v) is 3.40. The van der Waals surface area contributed by atoms with Crippen molar-refractivity contribution in [2.45, 2.75) is 0 Å². The molecule has 0 aliphatic rings. The van der Waals surface area contributed by atoms with Crippen LogP contribution in [0.5, 0.6) is 0 Å². The largest absolute Gasteiger partial charge is 0.222 e. The van der Waals surface area contributed by atoms with E-state index in [2.05, 4.69) is 0 Å². The van der Waals surface area contributed by atoms with Crippen molar-refractivity contribution in [3.63, 3.8) is 0 Å². The van der Waals surface area contributed by atoms with E-state index in [0.717, 1.165) is 0 Å². The second kappa shape index (κ2) is 13.5. The van der Waals surface area contributed by atoms with E-state index >= 15 is 0 Å². The smallest absolute Gasteiger partial charge is 0.112 e. The van der Waals surface area contributed by atoms with Crippen LogP contribution in [0, 0.1) is 30.7 Å². The van der Waals surface area contributed by atoms with Gasteiger partial charge in [-0.3, -0.25) is 0 Å². The van der Waals surface area contributed by atoms with Gasteiger partial charge in [-0.2, -0.15) is 0 Å². The van der Waals surface area contributed by atoms with Gasteiger partial charge >= 0.3 is 68.7 Å². The molecule has 0 N–H and O–H groups in total. The molecule has 0 unspecified atom stereocenters. The Morgan fingerprint density at radius 3 is 0.353 bits per heavy atom. The van der Waals surface area contributed by atoms with Gasteiger partial charge in [-0.25, -0.2) is 55.9 Å². The molecule has 0 aliphatic carbocycles. The summed E-state index contributed by atoms with van der Waals surface area (Å²) in [5.74, 6) is 0. The molecule has 0 atom stereocenters. The standard InChI is InChI=1S/Al.3ClHO4.K.H/c;3*2-1(3,4)5;;/h;3*(H,2,3,4,5);;/q+3;;;;;/p-3. The molecule has 17 heteroatoms. The molecule has 0 bridgehead atoms. The van der Waals surface area contributed by atoms with Gasteiger partial charge in [-0.1, -0.05) is 0 Å². The van der Waals surface area contributed by atoms with Gasteiger partial charge in [0.25, 0.3) is 0 Å². The fourth-order valence-electron chi connectivity index (χ4n) is 0. The Kier molecular flexibility index (Phi) is 25.3. The van der Waals surface area contributed by atoms with Crippen LogP contribution >= 0.6 is 0 Å². The molecule has 0 radical (unpaired) electrons. The third kappa shape index (κ3) is 777. The van der Waals surface area contributed by atoms with Gasteiger partial charge in [0.2, 0.25) is 0 Å². The van der Waals surface area contributed by atoms with Crippen LogP contribution in [0.4, 0.5) is 0 Å². The SMILES string of the molecule is [Al+3].[KH].[O-][Cl+3]([O-])([O-])[O-].[O-][Cl+3]([O-])([O-])[O-].[O-][Cl+3]([O-])([O-])[O-]. The first kappa shape index (κ1) is 31.8. The van der Waals surface area contributed by atoms with Crippen molar-refractivity contribution >= 4 is 68.7 Å². The van der Waals surface area contributed by atoms with E-state index < -0.39 is 30.7 Å². The van der Waals surface area contributed by atoms with Gasteiger partial charge in [-0.05, 0) is 0 Å². The van der Waals surface area contributed by atoms with Crippen molar-refractivity contribution in [2.75, 3.05) is 0 Å². The molecule has 0 aromatic carbocycles. The maximum atomic E-state index is 8.49. The van der Waals surface area contributed by atoms with Gasteiger partial charge in [0.05, 0.1) is 0 Å². The third-order valence-electron chi connectivity index (χ3n) is 0. The molecule has 0 aromatic heterocycles. The molecule has 17 heavy (non-hydrogen) atoms. The molecule has 0 rings (SSSR count). The van der Waals surface area contributed by atoms with E-state index in [1.54, 1.807) is 0 Å². The molecule has 0 aliphatic heterocycles. The summed E-state index contributed by atoms with van der Waals surface area (Å²) in [6.07, 6.45) is 0. The molecule has 12 nitrogen and oxygen atoms in total. The Balaban J connectivity index is -0.0000000400. The molecule has 0 fully saturated rings. The molecule has 0 saturated heterocycles. The van der Waals surface area contributed by atoms with Gasteiger partial charge in [0.1, 0.15) is 0 Å². The van der Waals surface area contributed by atoms with Gasteiger partial charge in [0.15, 0.2) is 0 Å². The summed E-state index contributed by atoms with van der Waals surface area (Å²) in [6, 6.07) is 0. The predicted molar refractivity (Wildman–Crippen MR) is 12.9 cm³/mol. The molecular formula is HAlCl3KO12. The van der Waals surface area contributed by atoms with Crippen LogP contribution in [-0.2, 0) is 0 Å². The van der Waals surface area contributed by atoms with Crippen molar-refractivity contribution in [1.29, 1.82) is 0 Å². The van der Waals surface area contributed by atoms with Gasteiger partial charge < -0.3 is 0 Å². The Bertz CT molecular complexity index is 96.8. The Labute approximate surface area is 153 Å². The summed E-state index contributed by atoms with van der Waals surface area (Å²) in [7, 11) is -14.8. The minimum atomic E-state index is -4.94. The van der Waals surface area contributed by atoms with E-state index in [1.165, 1.54) is 0 Å². The minimum Gasteiger partial charge on any atom is -0.222 e. The maximum absolute atomic E-state index is 8.49. The summed E-state index contributed by atoms with van der Waals surface area (Å²) in [6.45, 7) is 0. The number of hydrogen-bond donors (Lipinski definition) is 0. The first-order valence-corrected chi connectivity index (χ1v) is 5.55. The van der Waals surface area contributed by atoms with E-state index in [9.17, 15) is 0 Å². The van der Waals surface area contributed by atoms with E-state index in [-0.39, 0.29) is 68.7 Å². The van der Waals surface area contributed by atoms with Crippen LogP contribution < -0.4 is 55.9 Å². The summed E-state index contributed by atoms with van der Waals surface area (Å²) < 4.78 is 102. The summed E-state index contributed by atoms with van der Waals surface area (Å²) in [5.41, 5.74) is 0. The Morgan fingerprint density at radius 2 is 0.353 bits per heavy atom. The van der Waals surface area contributed by atoms with Crippen LogP contribution in [0.25, 0.3) is 0 Å². The first-order chi connectivity index (χ1) is 6.00. The quantitative estimate of drug-likeness (QED) is 0.361. The van der Waals surface area contributed by atoms with Gasteiger partial charge in [0, 0.05) is 0 Å². The fourth-order valence-corrected chi connectivity index (χ4v) is 0. The van der Waals surface area contributed by atoms with Crippen molar-refractivity contribution in [2.24, 2.45) is 0 Å². The van der Waals surface area contributed by atoms with Crippen LogP contribution in [0.2, 0.25) is 0 Å². The van der Waals surface area contributed by atoms with Gasteiger partial charge in [-0.15, -0.1) is 30.7 Å². The Morgan fingerprint density at radius 1 is 0.353 bits per heavy atom. The summed E-state index contributed by atoms with van der Waals surface area (Å²) in [4.78, 5) is 0. The minimum absolute atomic E-state index is 0. The first-order valence-electron chi connectivity index (χ1n) is 1.85. The zero-order valence-electron chi connectivity index (χ0n) is 6.61. The number of hydrogen-bond acceptors (Lipinski definition) is 12. The number of rotatable bonds is 0. The topological polar surface area (TPSA) is 277 Å². The van der Waals surface area contributed by atoms with Crippen molar-refractivity contribution < 1.29 is 86.6 Å². The van der Waals surface area contributed by atoms with E-state index in [1.807, 2.05) is 0 Å². The summed E-state index contributed by atoms with van der Waals surface area (Å²) >= 11 is 0. The second-order valence-electron chi connectivity index (χ2n) is 1.13. The maximum Gasteiger partial charge on any atom is -0.112 e. The molecule has 0 heterocycles. The molecule has 0 aromatic rings. The Hall–Kier alpha value is 2.56. The van der Waals surface area contributed by atoms with Crippen molar-refractivity contribution in [3.8, 4) is 0 Å². The summed E-state index contributed by atoms with van der Waals surface area (Å²) in [5, 5.41) is 0. The zero-order valence-corrected chi connectivity index (χ0v) is 10.0. The molecule has 0 saturated carbocycles. The van der Waals surface area contributed by atoms with Crippen LogP contribution in [-0.4, -0.2) is 68.7 Å². The van der Waals surface area contributed by atoms with Crippen molar-refractivity contribution in [3.05, 3.63) is 0 Å². The molecule has 0 amide bonds. The molecular weight excluding hydrogens is 364 g/mol. The zero-order chi connectivity index (χ0) is 13.5. The van der Waals surface area contributed by atoms with Crippen molar-refractivity contribution in [1.82, 2.24) is 0 Å². The van der Waals surface area contributed by atoms with Crippen LogP contribution in [0.3, 0.4) is 0 Å². The van der Waals surface area contributed by atoms with E-state index in [4.69, 9.17) is 55.9 Å². The molecule has 98 valence electrons. The number of halogens is 3. The van der Waals surface area contributed by atoms with Crippen LogP contribution in [0.1, 0.15) is 0 Å². The fraction of sp³-hybridized carbons (Fsp3) is 0. The average molecular weight is 365 g/mol. The predicted octanol–water partition coefficient (Wildman–Crippen LogP) is -15.3. The normalized spacial score (nSPS) is 10.6. The van der Waals surface area contributed by atoms with E-state index in [0.29, 0.717) is 0 Å². The third-order valence-corrected chi connectivity index (χ3v) is 0.